The second-order valence-corrected chi connectivity index (χ2v) is 7.87. The molecule has 1 N–H and O–H groups in total. The third kappa shape index (κ3) is 4.23. The highest BCUT2D eigenvalue weighted by atomic mass is 19.4. The lowest BCUT2D eigenvalue weighted by atomic mass is 9.95. The summed E-state index contributed by atoms with van der Waals surface area (Å²) in [4.78, 5) is 29.9. The minimum absolute atomic E-state index is 0.217. The standard InChI is InChI=1S/C20H23F3N4O2/c21-20(22,23)12-26-11-13(10-17(26)28)18(29)25-19-24-15-8-4-5-9-16(15)27(19)14-6-2-1-3-7-14/h4-5,8-9,13-14H,1-3,6-7,10-12H2,(H,24,25,29). The van der Waals surface area contributed by atoms with E-state index < -0.39 is 30.5 Å². The average Bonchev–Trinajstić information content (AvgIpc) is 3.21. The van der Waals surface area contributed by atoms with E-state index in [-0.39, 0.29) is 19.0 Å². The molecule has 2 aromatic rings. The number of hydrogen-bond acceptors (Lipinski definition) is 3. The highest BCUT2D eigenvalue weighted by Crippen LogP contribution is 2.34. The van der Waals surface area contributed by atoms with Crippen molar-refractivity contribution in [3.63, 3.8) is 0 Å². The number of rotatable bonds is 4. The number of nitrogens with one attached hydrogen (secondary N) is 1. The van der Waals surface area contributed by atoms with E-state index in [1.54, 1.807) is 0 Å². The molecule has 0 radical (unpaired) electrons. The minimum atomic E-state index is -4.48. The number of aromatic nitrogens is 2. The minimum Gasteiger partial charge on any atom is -0.333 e. The summed E-state index contributed by atoms with van der Waals surface area (Å²) in [6.45, 7) is -1.55. The normalized spacial score (nSPS) is 21.1. The van der Waals surface area contributed by atoms with Crippen LogP contribution in [0.2, 0.25) is 0 Å². The summed E-state index contributed by atoms with van der Waals surface area (Å²) in [5, 5.41) is 2.80. The molecule has 6 nitrogen and oxygen atoms in total. The monoisotopic (exact) mass is 408 g/mol. The first-order chi connectivity index (χ1) is 13.8. The van der Waals surface area contributed by atoms with Crippen molar-refractivity contribution in [1.29, 1.82) is 0 Å². The van der Waals surface area contributed by atoms with Crippen LogP contribution in [-0.4, -0.2) is 45.5 Å². The lowest BCUT2D eigenvalue weighted by Gasteiger charge is -2.25. The van der Waals surface area contributed by atoms with Crippen molar-refractivity contribution in [2.24, 2.45) is 5.92 Å². The van der Waals surface area contributed by atoms with Crippen molar-refractivity contribution in [3.8, 4) is 0 Å². The fourth-order valence-electron chi connectivity index (χ4n) is 4.37. The van der Waals surface area contributed by atoms with Gasteiger partial charge < -0.3 is 9.47 Å². The summed E-state index contributed by atoms with van der Waals surface area (Å²) in [7, 11) is 0. The van der Waals surface area contributed by atoms with Crippen LogP contribution in [0.4, 0.5) is 19.1 Å². The number of benzene rings is 1. The number of halogens is 3. The van der Waals surface area contributed by atoms with E-state index >= 15 is 0 Å². The number of hydrogen-bond donors (Lipinski definition) is 1. The molecule has 2 heterocycles. The van der Waals surface area contributed by atoms with E-state index in [0.29, 0.717) is 10.8 Å². The third-order valence-corrected chi connectivity index (χ3v) is 5.73. The van der Waals surface area contributed by atoms with Gasteiger partial charge in [-0.05, 0) is 25.0 Å². The molecule has 4 rings (SSSR count). The van der Waals surface area contributed by atoms with Gasteiger partial charge in [0.15, 0.2) is 0 Å². The van der Waals surface area contributed by atoms with E-state index in [0.717, 1.165) is 36.7 Å². The maximum Gasteiger partial charge on any atom is 0.406 e. The number of carbonyl (C=O) groups is 2. The van der Waals surface area contributed by atoms with Gasteiger partial charge in [0.1, 0.15) is 6.54 Å². The second kappa shape index (κ2) is 7.68. The number of para-hydroxylation sites is 2. The first-order valence-electron chi connectivity index (χ1n) is 9.94. The highest BCUT2D eigenvalue weighted by Gasteiger charge is 2.41. The molecule has 9 heteroatoms. The van der Waals surface area contributed by atoms with Crippen molar-refractivity contribution in [2.75, 3.05) is 18.4 Å². The molecule has 1 saturated heterocycles. The molecule has 1 saturated carbocycles. The Balaban J connectivity index is 1.55. The van der Waals surface area contributed by atoms with Gasteiger partial charge in [-0.15, -0.1) is 0 Å². The fraction of sp³-hybridized carbons (Fsp3) is 0.550. The Bertz CT molecular complexity index is 918. The molecule has 29 heavy (non-hydrogen) atoms. The topological polar surface area (TPSA) is 67.2 Å². The Morgan fingerprint density at radius 3 is 2.62 bits per heavy atom. The first kappa shape index (κ1) is 19.7. The number of imidazole rings is 1. The third-order valence-electron chi connectivity index (χ3n) is 5.73. The fourth-order valence-corrected chi connectivity index (χ4v) is 4.37. The predicted octanol–water partition coefficient (Wildman–Crippen LogP) is 3.89. The van der Waals surface area contributed by atoms with Gasteiger partial charge in [0.2, 0.25) is 17.8 Å². The van der Waals surface area contributed by atoms with E-state index in [4.69, 9.17) is 0 Å². The summed E-state index contributed by atoms with van der Waals surface area (Å²) in [6, 6.07) is 7.83. The molecule has 0 spiro atoms. The maximum atomic E-state index is 12.8. The van der Waals surface area contributed by atoms with Crippen LogP contribution < -0.4 is 5.32 Å². The van der Waals surface area contributed by atoms with Gasteiger partial charge in [-0.3, -0.25) is 14.9 Å². The summed E-state index contributed by atoms with van der Waals surface area (Å²) in [5.41, 5.74) is 1.69. The number of alkyl halides is 3. The van der Waals surface area contributed by atoms with Crippen LogP contribution >= 0.6 is 0 Å². The molecule has 2 amide bonds. The van der Waals surface area contributed by atoms with Crippen molar-refractivity contribution in [2.45, 2.75) is 50.7 Å². The van der Waals surface area contributed by atoms with E-state index in [1.807, 2.05) is 28.8 Å². The number of fused-ring (bicyclic) bond motifs is 1. The number of nitrogens with zero attached hydrogens (tertiary/aromatic N) is 3. The SMILES string of the molecule is O=C(Nc1nc2ccccc2n1C1CCCCC1)C1CC(=O)N(CC(F)(F)F)C1. The second-order valence-electron chi connectivity index (χ2n) is 7.87. The smallest absolute Gasteiger partial charge is 0.333 e. The van der Waals surface area contributed by atoms with Crippen molar-refractivity contribution in [3.05, 3.63) is 24.3 Å². The molecule has 1 aromatic heterocycles. The molecule has 1 aliphatic carbocycles. The van der Waals surface area contributed by atoms with Gasteiger partial charge in [0, 0.05) is 19.0 Å². The molecular formula is C20H23F3N4O2. The summed E-state index contributed by atoms with van der Waals surface area (Å²) in [6.07, 6.45) is 0.683. The van der Waals surface area contributed by atoms with Crippen molar-refractivity contribution >= 4 is 28.8 Å². The molecule has 0 bridgehead atoms. The first-order valence-corrected chi connectivity index (χ1v) is 9.94. The zero-order valence-corrected chi connectivity index (χ0v) is 15.9. The zero-order chi connectivity index (χ0) is 20.6. The Morgan fingerprint density at radius 1 is 1.17 bits per heavy atom. The molecule has 2 fully saturated rings. The predicted molar refractivity (Wildman–Crippen MR) is 101 cm³/mol. The molecular weight excluding hydrogens is 385 g/mol. The number of amides is 2. The van der Waals surface area contributed by atoms with Crippen LogP contribution in [0.1, 0.15) is 44.6 Å². The Kier molecular flexibility index (Phi) is 5.23. The molecule has 1 unspecified atom stereocenters. The van der Waals surface area contributed by atoms with Gasteiger partial charge in [-0.25, -0.2) is 4.98 Å². The van der Waals surface area contributed by atoms with Gasteiger partial charge in [-0.2, -0.15) is 13.2 Å². The molecule has 1 aromatic carbocycles. The quantitative estimate of drug-likeness (QED) is 0.835. The van der Waals surface area contributed by atoms with Crippen molar-refractivity contribution in [1.82, 2.24) is 14.5 Å². The Hall–Kier alpha value is -2.58. The zero-order valence-electron chi connectivity index (χ0n) is 15.9. The largest absolute Gasteiger partial charge is 0.406 e. The van der Waals surface area contributed by atoms with Crippen LogP contribution in [0, 0.1) is 5.92 Å². The van der Waals surface area contributed by atoms with Crippen LogP contribution in [0.15, 0.2) is 24.3 Å². The summed E-state index contributed by atoms with van der Waals surface area (Å²) >= 11 is 0. The lowest BCUT2D eigenvalue weighted by Crippen LogP contribution is -2.36. The van der Waals surface area contributed by atoms with Gasteiger partial charge >= 0.3 is 6.18 Å². The molecule has 1 atom stereocenters. The molecule has 1 aliphatic heterocycles. The van der Waals surface area contributed by atoms with E-state index in [1.165, 1.54) is 6.42 Å². The molecule has 2 aliphatic rings. The Morgan fingerprint density at radius 2 is 1.90 bits per heavy atom. The van der Waals surface area contributed by atoms with Crippen molar-refractivity contribution < 1.29 is 22.8 Å². The van der Waals surface area contributed by atoms with Crippen LogP contribution in [0.25, 0.3) is 11.0 Å². The van der Waals surface area contributed by atoms with Crippen LogP contribution in [-0.2, 0) is 9.59 Å². The summed E-state index contributed by atoms with van der Waals surface area (Å²) in [5.74, 6) is -1.52. The highest BCUT2D eigenvalue weighted by molar-refractivity contribution is 5.97. The lowest BCUT2D eigenvalue weighted by molar-refractivity contribution is -0.157. The van der Waals surface area contributed by atoms with E-state index in [9.17, 15) is 22.8 Å². The van der Waals surface area contributed by atoms with Crippen LogP contribution in [0.5, 0.6) is 0 Å². The number of carbonyl (C=O) groups excluding carboxylic acids is 2. The van der Waals surface area contributed by atoms with Gasteiger partial charge in [-0.1, -0.05) is 31.4 Å². The van der Waals surface area contributed by atoms with Gasteiger partial charge in [0.25, 0.3) is 0 Å². The maximum absolute atomic E-state index is 12.8. The molecule has 156 valence electrons. The van der Waals surface area contributed by atoms with Crippen LogP contribution in [0.3, 0.4) is 0 Å². The number of anilines is 1. The summed E-state index contributed by atoms with van der Waals surface area (Å²) < 4.78 is 39.9. The number of likely N-dealkylation sites (tertiary alicyclic amines) is 1. The van der Waals surface area contributed by atoms with Gasteiger partial charge in [0.05, 0.1) is 17.0 Å². The van der Waals surface area contributed by atoms with E-state index in [2.05, 4.69) is 10.3 Å². The average molecular weight is 408 g/mol. The Labute approximate surface area is 166 Å².